The molecule has 1 aliphatic heterocycles. The van der Waals surface area contributed by atoms with Crippen LogP contribution in [0.1, 0.15) is 0 Å². The fraction of sp³-hybridized carbons (Fsp3) is 0. The first kappa shape index (κ1) is 5.18. The van der Waals surface area contributed by atoms with Crippen molar-refractivity contribution in [2.75, 3.05) is 0 Å². The van der Waals surface area contributed by atoms with E-state index in [9.17, 15) is 0 Å². The number of halogens is 1. The van der Waals surface area contributed by atoms with Gasteiger partial charge < -0.3 is 0 Å². The molecule has 0 N–H and O–H groups in total. The van der Waals surface area contributed by atoms with E-state index in [4.69, 9.17) is 0 Å². The molecule has 1 heterocycles. The molecule has 0 radical (unpaired) electrons. The van der Waals surface area contributed by atoms with Crippen LogP contribution in [0.2, 0.25) is 0 Å². The molecule has 0 saturated heterocycles. The molecule has 0 amide bonds. The molecule has 0 fully saturated rings. The van der Waals surface area contributed by atoms with E-state index in [2.05, 4.69) is 20.9 Å². The minimum atomic E-state index is 0.970. The fourth-order valence-corrected chi connectivity index (χ4v) is 1.38. The topological polar surface area (TPSA) is 12.4 Å². The second kappa shape index (κ2) is 1.67. The minimum absolute atomic E-state index is 0.970. The van der Waals surface area contributed by atoms with E-state index >= 15 is 0 Å². The number of para-hydroxylation sites is 1. The maximum absolute atomic E-state index is 4.12. The number of nitrogens with zero attached hydrogens (tertiary/aromatic N) is 1. The number of rotatable bonds is 0. The van der Waals surface area contributed by atoms with Crippen LogP contribution in [0.5, 0.6) is 0 Å². The summed E-state index contributed by atoms with van der Waals surface area (Å²) in [6.45, 7) is 0. The van der Waals surface area contributed by atoms with Gasteiger partial charge in [-0.25, -0.2) is 4.99 Å². The van der Waals surface area contributed by atoms with E-state index in [0.29, 0.717) is 0 Å². The smallest absolute Gasteiger partial charge is 0.116 e. The van der Waals surface area contributed by atoms with E-state index in [1.54, 1.807) is 0 Å². The molecule has 0 aromatic heterocycles. The molecular weight excluding hydrogens is 178 g/mol. The molecule has 0 unspecified atom stereocenters. The van der Waals surface area contributed by atoms with Gasteiger partial charge in [-0.3, -0.25) is 0 Å². The Kier molecular flexibility index (Phi) is 0.963. The summed E-state index contributed by atoms with van der Waals surface area (Å²) in [4.78, 5) is 4.12. The zero-order valence-corrected chi connectivity index (χ0v) is 6.22. The predicted octanol–water partition coefficient (Wildman–Crippen LogP) is 0.780. The fourth-order valence-electron chi connectivity index (χ4n) is 0.859. The first-order valence-electron chi connectivity index (χ1n) is 2.71. The summed E-state index contributed by atoms with van der Waals surface area (Å²) in [5.41, 5.74) is 0. The summed E-state index contributed by atoms with van der Waals surface area (Å²) >= 11 is 3.31. The molecular formula is C7H4BrN. The van der Waals surface area contributed by atoms with Gasteiger partial charge in [0, 0.05) is 5.22 Å². The summed E-state index contributed by atoms with van der Waals surface area (Å²) in [5, 5.41) is 2.31. The zero-order valence-electron chi connectivity index (χ0n) is 4.63. The summed E-state index contributed by atoms with van der Waals surface area (Å²) in [7, 11) is 0. The number of benzene rings is 1. The highest BCUT2D eigenvalue weighted by atomic mass is 79.9. The van der Waals surface area contributed by atoms with Crippen LogP contribution in [0.15, 0.2) is 29.3 Å². The van der Waals surface area contributed by atoms with Crippen LogP contribution in [0.4, 0.5) is 0 Å². The molecule has 2 heteroatoms. The molecule has 1 aromatic carbocycles. The Bertz CT molecular complexity index is 353. The van der Waals surface area contributed by atoms with Crippen molar-refractivity contribution in [3.63, 3.8) is 0 Å². The molecule has 0 aliphatic carbocycles. The molecule has 44 valence electrons. The van der Waals surface area contributed by atoms with E-state index < -0.39 is 0 Å². The van der Waals surface area contributed by atoms with Crippen molar-refractivity contribution in [3.8, 4) is 0 Å². The van der Waals surface area contributed by atoms with Crippen molar-refractivity contribution >= 4 is 20.5 Å². The second-order valence-electron chi connectivity index (χ2n) is 1.92. The molecule has 9 heavy (non-hydrogen) atoms. The Morgan fingerprint density at radius 2 is 2.00 bits per heavy atom. The Balaban J connectivity index is 2.94. The van der Waals surface area contributed by atoms with Gasteiger partial charge in [0.2, 0.25) is 0 Å². The Morgan fingerprint density at radius 3 is 2.56 bits per heavy atom. The molecule has 1 nitrogen and oxygen atoms in total. The van der Waals surface area contributed by atoms with Crippen LogP contribution < -0.4 is 10.6 Å². The monoisotopic (exact) mass is 181 g/mol. The first-order valence-corrected chi connectivity index (χ1v) is 3.51. The standard InChI is InChI=1S/C7H4BrN/c8-7-5-3-1-2-4-6(5)9-7/h1-4H. The zero-order chi connectivity index (χ0) is 6.27. The SMILES string of the molecule is BrC1=c2ccccc2=N1. The first-order chi connectivity index (χ1) is 4.38. The lowest BCUT2D eigenvalue weighted by molar-refractivity contribution is 1.25. The van der Waals surface area contributed by atoms with Gasteiger partial charge in [0.25, 0.3) is 0 Å². The number of fused-ring (bicyclic) bond motifs is 1. The van der Waals surface area contributed by atoms with Gasteiger partial charge >= 0.3 is 0 Å². The Hall–Kier alpha value is -0.630. The third-order valence-electron chi connectivity index (χ3n) is 1.34. The average Bonchev–Trinajstić information content (AvgIpc) is 1.86. The van der Waals surface area contributed by atoms with Crippen LogP contribution in [0, 0.1) is 0 Å². The maximum Gasteiger partial charge on any atom is 0.116 e. The largest absolute Gasteiger partial charge is 0.240 e. The highest BCUT2D eigenvalue weighted by Gasteiger charge is 2.00. The van der Waals surface area contributed by atoms with Gasteiger partial charge in [-0.15, -0.1) is 0 Å². The Labute approximate surface area is 60.9 Å². The molecule has 0 atom stereocenters. The van der Waals surface area contributed by atoms with Crippen LogP contribution in [0.25, 0.3) is 4.61 Å². The predicted molar refractivity (Wildman–Crippen MR) is 39.6 cm³/mol. The second-order valence-corrected chi connectivity index (χ2v) is 2.67. The molecule has 1 aromatic rings. The van der Waals surface area contributed by atoms with Crippen molar-refractivity contribution in [1.82, 2.24) is 0 Å². The molecule has 1 aliphatic rings. The van der Waals surface area contributed by atoms with E-state index in [0.717, 1.165) is 9.96 Å². The molecule has 2 rings (SSSR count). The van der Waals surface area contributed by atoms with Crippen molar-refractivity contribution in [3.05, 3.63) is 34.8 Å². The van der Waals surface area contributed by atoms with E-state index in [1.165, 1.54) is 5.22 Å². The van der Waals surface area contributed by atoms with Crippen LogP contribution >= 0.6 is 15.9 Å². The van der Waals surface area contributed by atoms with Gasteiger partial charge in [0.1, 0.15) is 4.61 Å². The van der Waals surface area contributed by atoms with Crippen LogP contribution in [0.3, 0.4) is 0 Å². The van der Waals surface area contributed by atoms with Gasteiger partial charge in [-0.1, -0.05) is 18.2 Å². The van der Waals surface area contributed by atoms with Crippen molar-refractivity contribution in [2.24, 2.45) is 4.99 Å². The maximum atomic E-state index is 4.12. The van der Waals surface area contributed by atoms with E-state index in [1.807, 2.05) is 24.3 Å². The lowest BCUT2D eigenvalue weighted by atomic mass is 10.2. The van der Waals surface area contributed by atoms with Gasteiger partial charge in [0.05, 0.1) is 5.36 Å². The summed E-state index contributed by atoms with van der Waals surface area (Å²) in [6.07, 6.45) is 0. The third-order valence-corrected chi connectivity index (χ3v) is 1.95. The average molecular weight is 182 g/mol. The van der Waals surface area contributed by atoms with Gasteiger partial charge in [0.15, 0.2) is 0 Å². The number of hydrogen-bond acceptors (Lipinski definition) is 1. The van der Waals surface area contributed by atoms with Crippen LogP contribution in [-0.2, 0) is 0 Å². The highest BCUT2D eigenvalue weighted by Crippen LogP contribution is 2.06. The van der Waals surface area contributed by atoms with Crippen molar-refractivity contribution in [1.29, 1.82) is 0 Å². The number of hydrogen-bond donors (Lipinski definition) is 0. The van der Waals surface area contributed by atoms with Crippen LogP contribution in [-0.4, -0.2) is 0 Å². The lowest BCUT2D eigenvalue weighted by Crippen LogP contribution is -2.32. The van der Waals surface area contributed by atoms with Gasteiger partial charge in [-0.05, 0) is 22.0 Å². The molecule has 0 saturated carbocycles. The van der Waals surface area contributed by atoms with Crippen molar-refractivity contribution < 1.29 is 0 Å². The third kappa shape index (κ3) is 0.630. The van der Waals surface area contributed by atoms with E-state index in [-0.39, 0.29) is 0 Å². The quantitative estimate of drug-likeness (QED) is 0.525. The highest BCUT2D eigenvalue weighted by molar-refractivity contribution is 9.14. The lowest BCUT2D eigenvalue weighted by Gasteiger charge is -1.99. The summed E-state index contributed by atoms with van der Waals surface area (Å²) in [6, 6.07) is 8.04. The molecule has 0 bridgehead atoms. The molecule has 0 spiro atoms. The summed E-state index contributed by atoms with van der Waals surface area (Å²) in [5.74, 6) is 0. The Morgan fingerprint density at radius 1 is 1.22 bits per heavy atom. The normalized spacial score (nSPS) is 13.7. The van der Waals surface area contributed by atoms with Crippen molar-refractivity contribution in [2.45, 2.75) is 0 Å². The van der Waals surface area contributed by atoms with Gasteiger partial charge in [-0.2, -0.15) is 0 Å². The minimum Gasteiger partial charge on any atom is -0.240 e. The summed E-state index contributed by atoms with van der Waals surface area (Å²) < 4.78 is 0.970.